The molecule has 0 radical (unpaired) electrons. The SMILES string of the molecule is COCCN(CCOC)C(=O)C1CCC(CN)O1. The first-order chi connectivity index (χ1) is 8.72. The summed E-state index contributed by atoms with van der Waals surface area (Å²) in [6.45, 7) is 2.63. The fraction of sp³-hybridized carbons (Fsp3) is 0.917. The number of ether oxygens (including phenoxy) is 3. The Labute approximate surface area is 108 Å². The largest absolute Gasteiger partial charge is 0.383 e. The van der Waals surface area contributed by atoms with Gasteiger partial charge in [-0.25, -0.2) is 0 Å². The number of methoxy groups -OCH3 is 2. The van der Waals surface area contributed by atoms with E-state index in [1.54, 1.807) is 19.1 Å². The van der Waals surface area contributed by atoms with Crippen molar-refractivity contribution in [2.45, 2.75) is 25.0 Å². The average Bonchev–Trinajstić information content (AvgIpc) is 2.87. The van der Waals surface area contributed by atoms with Crippen molar-refractivity contribution in [3.05, 3.63) is 0 Å². The predicted molar refractivity (Wildman–Crippen MR) is 67.3 cm³/mol. The van der Waals surface area contributed by atoms with Crippen LogP contribution in [0.2, 0.25) is 0 Å². The molecule has 1 amide bonds. The quantitative estimate of drug-likeness (QED) is 0.643. The van der Waals surface area contributed by atoms with Gasteiger partial charge in [-0.3, -0.25) is 4.79 Å². The molecule has 106 valence electrons. The third-order valence-corrected chi connectivity index (χ3v) is 3.09. The molecule has 0 saturated carbocycles. The van der Waals surface area contributed by atoms with Crippen LogP contribution in [0.15, 0.2) is 0 Å². The zero-order valence-electron chi connectivity index (χ0n) is 11.3. The van der Waals surface area contributed by atoms with Crippen molar-refractivity contribution in [2.75, 3.05) is 47.1 Å². The number of rotatable bonds is 8. The van der Waals surface area contributed by atoms with E-state index in [1.165, 1.54) is 0 Å². The lowest BCUT2D eigenvalue weighted by Gasteiger charge is -2.25. The van der Waals surface area contributed by atoms with Crippen LogP contribution in [0.4, 0.5) is 0 Å². The standard InChI is InChI=1S/C12H24N2O4/c1-16-7-5-14(6-8-17-2)12(15)11-4-3-10(9-13)18-11/h10-11H,3-9,13H2,1-2H3. The van der Waals surface area contributed by atoms with Gasteiger partial charge in [0.15, 0.2) is 0 Å². The fourth-order valence-corrected chi connectivity index (χ4v) is 2.00. The molecule has 6 nitrogen and oxygen atoms in total. The summed E-state index contributed by atoms with van der Waals surface area (Å²) in [7, 11) is 3.24. The lowest BCUT2D eigenvalue weighted by Crippen LogP contribution is -2.43. The molecule has 0 bridgehead atoms. The summed E-state index contributed by atoms with van der Waals surface area (Å²) in [5.41, 5.74) is 5.54. The van der Waals surface area contributed by atoms with E-state index in [-0.39, 0.29) is 18.1 Å². The topological polar surface area (TPSA) is 74.0 Å². The van der Waals surface area contributed by atoms with Gasteiger partial charge in [-0.05, 0) is 12.8 Å². The summed E-state index contributed by atoms with van der Waals surface area (Å²) in [6.07, 6.45) is 1.27. The van der Waals surface area contributed by atoms with Gasteiger partial charge in [0.2, 0.25) is 0 Å². The van der Waals surface area contributed by atoms with Crippen molar-refractivity contribution in [2.24, 2.45) is 5.73 Å². The maximum Gasteiger partial charge on any atom is 0.251 e. The Morgan fingerprint density at radius 2 is 1.89 bits per heavy atom. The number of amides is 1. The molecule has 1 aliphatic heterocycles. The van der Waals surface area contributed by atoms with Gasteiger partial charge in [0.25, 0.3) is 5.91 Å². The maximum absolute atomic E-state index is 12.3. The number of nitrogens with zero attached hydrogens (tertiary/aromatic N) is 1. The van der Waals surface area contributed by atoms with E-state index < -0.39 is 0 Å². The van der Waals surface area contributed by atoms with Crippen LogP contribution in [0.3, 0.4) is 0 Å². The fourth-order valence-electron chi connectivity index (χ4n) is 2.00. The van der Waals surface area contributed by atoms with Crippen LogP contribution in [0.1, 0.15) is 12.8 Å². The molecule has 0 aromatic rings. The van der Waals surface area contributed by atoms with Gasteiger partial charge in [0, 0.05) is 33.9 Å². The highest BCUT2D eigenvalue weighted by Gasteiger charge is 2.32. The van der Waals surface area contributed by atoms with E-state index in [4.69, 9.17) is 19.9 Å². The second kappa shape index (κ2) is 8.42. The summed E-state index contributed by atoms with van der Waals surface area (Å²) >= 11 is 0. The Bertz CT molecular complexity index is 242. The summed E-state index contributed by atoms with van der Waals surface area (Å²) < 4.78 is 15.6. The van der Waals surface area contributed by atoms with Crippen LogP contribution in [0, 0.1) is 0 Å². The predicted octanol–water partition coefficient (Wildman–Crippen LogP) is -0.386. The second-order valence-electron chi connectivity index (χ2n) is 4.37. The summed E-state index contributed by atoms with van der Waals surface area (Å²) in [6, 6.07) is 0. The highest BCUT2D eigenvalue weighted by atomic mass is 16.5. The monoisotopic (exact) mass is 260 g/mol. The van der Waals surface area contributed by atoms with E-state index in [9.17, 15) is 4.79 Å². The smallest absolute Gasteiger partial charge is 0.251 e. The number of carbonyl (C=O) groups excluding carboxylic acids is 1. The minimum atomic E-state index is -0.354. The van der Waals surface area contributed by atoms with Crippen molar-refractivity contribution in [1.29, 1.82) is 0 Å². The van der Waals surface area contributed by atoms with Crippen LogP contribution in [-0.4, -0.2) is 70.1 Å². The third-order valence-electron chi connectivity index (χ3n) is 3.09. The number of nitrogens with two attached hydrogens (primary N) is 1. The van der Waals surface area contributed by atoms with Gasteiger partial charge in [-0.2, -0.15) is 0 Å². The molecule has 1 heterocycles. The molecule has 0 spiro atoms. The lowest BCUT2D eigenvalue weighted by molar-refractivity contribution is -0.144. The molecule has 1 saturated heterocycles. The molecule has 1 rings (SSSR count). The first kappa shape index (κ1) is 15.4. The summed E-state index contributed by atoms with van der Waals surface area (Å²) in [4.78, 5) is 14.0. The molecule has 0 aliphatic carbocycles. The molecule has 1 aliphatic rings. The Balaban J connectivity index is 2.47. The zero-order valence-corrected chi connectivity index (χ0v) is 11.3. The number of carbonyl (C=O) groups is 1. The van der Waals surface area contributed by atoms with Crippen LogP contribution < -0.4 is 5.73 Å². The van der Waals surface area contributed by atoms with Gasteiger partial charge in [0.05, 0.1) is 19.3 Å². The van der Waals surface area contributed by atoms with Gasteiger partial charge in [-0.15, -0.1) is 0 Å². The van der Waals surface area contributed by atoms with E-state index in [1.807, 2.05) is 0 Å². The molecular weight excluding hydrogens is 236 g/mol. The Kier molecular flexibility index (Phi) is 7.19. The first-order valence-corrected chi connectivity index (χ1v) is 6.35. The Morgan fingerprint density at radius 1 is 1.28 bits per heavy atom. The highest BCUT2D eigenvalue weighted by molar-refractivity contribution is 5.81. The molecule has 2 N–H and O–H groups in total. The van der Waals surface area contributed by atoms with Gasteiger partial charge in [0.1, 0.15) is 6.10 Å². The van der Waals surface area contributed by atoms with Gasteiger partial charge >= 0.3 is 0 Å². The maximum atomic E-state index is 12.3. The molecule has 18 heavy (non-hydrogen) atoms. The number of hydrogen-bond acceptors (Lipinski definition) is 5. The molecule has 0 aromatic carbocycles. The van der Waals surface area contributed by atoms with E-state index in [0.29, 0.717) is 32.8 Å². The van der Waals surface area contributed by atoms with Crippen LogP contribution in [0.5, 0.6) is 0 Å². The Hall–Kier alpha value is -0.690. The summed E-state index contributed by atoms with van der Waals surface area (Å²) in [5.74, 6) is 0.0139. The Morgan fingerprint density at radius 3 is 2.33 bits per heavy atom. The normalized spacial score (nSPS) is 23.3. The number of hydrogen-bond donors (Lipinski definition) is 1. The third kappa shape index (κ3) is 4.53. The van der Waals surface area contributed by atoms with Crippen molar-refractivity contribution >= 4 is 5.91 Å². The molecule has 6 heteroatoms. The zero-order chi connectivity index (χ0) is 13.4. The minimum Gasteiger partial charge on any atom is -0.383 e. The molecule has 2 unspecified atom stereocenters. The first-order valence-electron chi connectivity index (χ1n) is 6.35. The second-order valence-corrected chi connectivity index (χ2v) is 4.37. The van der Waals surface area contributed by atoms with Crippen LogP contribution >= 0.6 is 0 Å². The van der Waals surface area contributed by atoms with Crippen LogP contribution in [-0.2, 0) is 19.0 Å². The average molecular weight is 260 g/mol. The molecular formula is C12H24N2O4. The molecule has 2 atom stereocenters. The van der Waals surface area contributed by atoms with Crippen molar-refractivity contribution in [3.8, 4) is 0 Å². The van der Waals surface area contributed by atoms with Crippen molar-refractivity contribution in [1.82, 2.24) is 4.90 Å². The van der Waals surface area contributed by atoms with E-state index in [0.717, 1.165) is 12.8 Å². The van der Waals surface area contributed by atoms with Crippen molar-refractivity contribution < 1.29 is 19.0 Å². The van der Waals surface area contributed by atoms with Gasteiger partial charge in [-0.1, -0.05) is 0 Å². The van der Waals surface area contributed by atoms with Gasteiger partial charge < -0.3 is 24.8 Å². The minimum absolute atomic E-state index is 0.0139. The van der Waals surface area contributed by atoms with E-state index in [2.05, 4.69) is 0 Å². The molecule has 0 aromatic heterocycles. The highest BCUT2D eigenvalue weighted by Crippen LogP contribution is 2.20. The van der Waals surface area contributed by atoms with Crippen LogP contribution in [0.25, 0.3) is 0 Å². The van der Waals surface area contributed by atoms with E-state index >= 15 is 0 Å². The molecule has 1 fully saturated rings. The summed E-state index contributed by atoms with van der Waals surface area (Å²) in [5, 5.41) is 0. The van der Waals surface area contributed by atoms with Crippen molar-refractivity contribution in [3.63, 3.8) is 0 Å². The lowest BCUT2D eigenvalue weighted by atomic mass is 10.2.